The largest absolute Gasteiger partial charge is 0.329 e. The van der Waals surface area contributed by atoms with Crippen LogP contribution in [-0.4, -0.2) is 38.3 Å². The number of aryl methyl sites for hydroxylation is 1. The van der Waals surface area contributed by atoms with Gasteiger partial charge in [0.15, 0.2) is 0 Å². The molecule has 1 saturated carbocycles. The molecule has 108 valence electrons. The topological polar surface area (TPSA) is 60.0 Å². The maximum absolute atomic E-state index is 6.11. The fourth-order valence-electron chi connectivity index (χ4n) is 3.28. The molecule has 0 aliphatic heterocycles. The quantitative estimate of drug-likeness (QED) is 0.816. The molecule has 1 aromatic heterocycles. The van der Waals surface area contributed by atoms with Crippen LogP contribution in [0.25, 0.3) is 0 Å². The summed E-state index contributed by atoms with van der Waals surface area (Å²) in [6.45, 7) is 7.94. The molecule has 1 fully saturated rings. The van der Waals surface area contributed by atoms with Gasteiger partial charge in [0.1, 0.15) is 12.2 Å². The van der Waals surface area contributed by atoms with Crippen molar-refractivity contribution in [1.29, 1.82) is 0 Å². The third-order valence-corrected chi connectivity index (χ3v) is 4.41. The van der Waals surface area contributed by atoms with Gasteiger partial charge >= 0.3 is 0 Å². The first-order valence-electron chi connectivity index (χ1n) is 7.57. The third kappa shape index (κ3) is 2.98. The average molecular weight is 265 g/mol. The van der Waals surface area contributed by atoms with E-state index in [9.17, 15) is 0 Å². The van der Waals surface area contributed by atoms with Gasteiger partial charge in [0.05, 0.1) is 6.54 Å². The van der Waals surface area contributed by atoms with Crippen LogP contribution in [0.2, 0.25) is 0 Å². The molecule has 2 N–H and O–H groups in total. The van der Waals surface area contributed by atoms with E-state index < -0.39 is 0 Å². The predicted octanol–water partition coefficient (Wildman–Crippen LogP) is 1.78. The number of hydrogen-bond acceptors (Lipinski definition) is 4. The first-order valence-corrected chi connectivity index (χ1v) is 7.57. The summed E-state index contributed by atoms with van der Waals surface area (Å²) < 4.78 is 1.99. The fourth-order valence-corrected chi connectivity index (χ4v) is 3.28. The molecule has 0 aromatic carbocycles. The average Bonchev–Trinajstić information content (AvgIpc) is 3.07. The second kappa shape index (κ2) is 6.48. The van der Waals surface area contributed by atoms with Crippen molar-refractivity contribution in [3.63, 3.8) is 0 Å². The molecule has 1 aliphatic carbocycles. The Kier molecular flexibility index (Phi) is 4.93. The van der Waals surface area contributed by atoms with E-state index in [2.05, 4.69) is 28.8 Å². The van der Waals surface area contributed by atoms with Gasteiger partial charge < -0.3 is 5.73 Å². The SMILES string of the molecule is CCCN(Cc1ncnn1CC)C1(CN)CCCC1. The fraction of sp³-hybridized carbons (Fsp3) is 0.857. The highest BCUT2D eigenvalue weighted by molar-refractivity contribution is 4.98. The summed E-state index contributed by atoms with van der Waals surface area (Å²) in [4.78, 5) is 6.97. The molecule has 1 aromatic rings. The number of rotatable bonds is 7. The van der Waals surface area contributed by atoms with Crippen LogP contribution in [0.5, 0.6) is 0 Å². The molecule has 0 atom stereocenters. The zero-order valence-corrected chi connectivity index (χ0v) is 12.3. The van der Waals surface area contributed by atoms with Crippen molar-refractivity contribution in [3.8, 4) is 0 Å². The van der Waals surface area contributed by atoms with Crippen molar-refractivity contribution in [1.82, 2.24) is 19.7 Å². The van der Waals surface area contributed by atoms with Crippen LogP contribution in [0.1, 0.15) is 51.8 Å². The standard InChI is InChI=1S/C14H27N5/c1-3-9-18(14(11-15)7-5-6-8-14)10-13-16-12-17-19(13)4-2/h12H,3-11,15H2,1-2H3. The molecule has 0 spiro atoms. The van der Waals surface area contributed by atoms with E-state index in [0.29, 0.717) is 0 Å². The zero-order valence-electron chi connectivity index (χ0n) is 12.3. The van der Waals surface area contributed by atoms with Crippen LogP contribution in [-0.2, 0) is 13.1 Å². The number of aromatic nitrogens is 3. The maximum Gasteiger partial charge on any atom is 0.141 e. The summed E-state index contributed by atoms with van der Waals surface area (Å²) in [7, 11) is 0. The molecular weight excluding hydrogens is 238 g/mol. The molecule has 0 saturated heterocycles. The lowest BCUT2D eigenvalue weighted by molar-refractivity contribution is 0.0858. The highest BCUT2D eigenvalue weighted by Gasteiger charge is 2.38. The summed E-state index contributed by atoms with van der Waals surface area (Å²) in [6, 6.07) is 0. The van der Waals surface area contributed by atoms with E-state index in [4.69, 9.17) is 5.73 Å². The van der Waals surface area contributed by atoms with Gasteiger partial charge in [-0.1, -0.05) is 19.8 Å². The van der Waals surface area contributed by atoms with E-state index in [1.165, 1.54) is 25.7 Å². The van der Waals surface area contributed by atoms with E-state index in [0.717, 1.165) is 38.4 Å². The molecule has 19 heavy (non-hydrogen) atoms. The van der Waals surface area contributed by atoms with E-state index >= 15 is 0 Å². The molecule has 5 heteroatoms. The van der Waals surface area contributed by atoms with Crippen molar-refractivity contribution in [3.05, 3.63) is 12.2 Å². The summed E-state index contributed by atoms with van der Waals surface area (Å²) in [5, 5.41) is 4.27. The number of nitrogens with two attached hydrogens (primary N) is 1. The molecule has 0 radical (unpaired) electrons. The van der Waals surface area contributed by atoms with E-state index in [1.54, 1.807) is 6.33 Å². The Morgan fingerprint density at radius 3 is 2.68 bits per heavy atom. The molecule has 0 bridgehead atoms. The molecule has 0 amide bonds. The predicted molar refractivity (Wildman–Crippen MR) is 76.7 cm³/mol. The lowest BCUT2D eigenvalue weighted by atomic mass is 9.94. The molecule has 2 rings (SSSR count). The summed E-state index contributed by atoms with van der Waals surface area (Å²) in [6.07, 6.45) is 7.87. The van der Waals surface area contributed by atoms with E-state index in [-0.39, 0.29) is 5.54 Å². The van der Waals surface area contributed by atoms with Gasteiger partial charge in [0, 0.05) is 18.6 Å². The molecular formula is C14H27N5. The van der Waals surface area contributed by atoms with E-state index in [1.807, 2.05) is 4.68 Å². The van der Waals surface area contributed by atoms with Crippen molar-refractivity contribution in [2.75, 3.05) is 13.1 Å². The van der Waals surface area contributed by atoms with Gasteiger partial charge in [0.2, 0.25) is 0 Å². The minimum atomic E-state index is 0.195. The zero-order chi connectivity index (χ0) is 13.7. The number of nitrogens with zero attached hydrogens (tertiary/aromatic N) is 4. The minimum absolute atomic E-state index is 0.195. The highest BCUT2D eigenvalue weighted by atomic mass is 15.4. The Labute approximate surface area is 116 Å². The van der Waals surface area contributed by atoms with Crippen LogP contribution < -0.4 is 5.73 Å². The minimum Gasteiger partial charge on any atom is -0.329 e. The van der Waals surface area contributed by atoms with Gasteiger partial charge in [-0.3, -0.25) is 4.90 Å². The highest BCUT2D eigenvalue weighted by Crippen LogP contribution is 2.35. The van der Waals surface area contributed by atoms with Crippen LogP contribution in [0, 0.1) is 0 Å². The lowest BCUT2D eigenvalue weighted by Gasteiger charge is -2.40. The van der Waals surface area contributed by atoms with Crippen LogP contribution in [0.15, 0.2) is 6.33 Å². The smallest absolute Gasteiger partial charge is 0.141 e. The Morgan fingerprint density at radius 1 is 1.37 bits per heavy atom. The van der Waals surface area contributed by atoms with Crippen LogP contribution in [0.4, 0.5) is 0 Å². The Hall–Kier alpha value is -0.940. The molecule has 1 heterocycles. The lowest BCUT2D eigenvalue weighted by Crippen LogP contribution is -2.52. The van der Waals surface area contributed by atoms with Gasteiger partial charge in [-0.25, -0.2) is 9.67 Å². The maximum atomic E-state index is 6.11. The Morgan fingerprint density at radius 2 is 2.11 bits per heavy atom. The third-order valence-electron chi connectivity index (χ3n) is 4.41. The first-order chi connectivity index (χ1) is 9.25. The van der Waals surface area contributed by atoms with Crippen molar-refractivity contribution in [2.24, 2.45) is 5.73 Å². The second-order valence-electron chi connectivity index (χ2n) is 5.55. The van der Waals surface area contributed by atoms with Gasteiger partial charge in [0.25, 0.3) is 0 Å². The monoisotopic (exact) mass is 265 g/mol. The molecule has 1 aliphatic rings. The van der Waals surface area contributed by atoms with Gasteiger partial charge in [-0.05, 0) is 32.7 Å². The summed E-state index contributed by atoms with van der Waals surface area (Å²) in [5.41, 5.74) is 6.31. The van der Waals surface area contributed by atoms with Gasteiger partial charge in [-0.15, -0.1) is 0 Å². The van der Waals surface area contributed by atoms with Crippen molar-refractivity contribution in [2.45, 2.75) is 64.6 Å². The number of hydrogen-bond donors (Lipinski definition) is 1. The van der Waals surface area contributed by atoms with Crippen LogP contribution >= 0.6 is 0 Å². The molecule has 5 nitrogen and oxygen atoms in total. The molecule has 0 unspecified atom stereocenters. The second-order valence-corrected chi connectivity index (χ2v) is 5.55. The Bertz CT molecular complexity index is 381. The van der Waals surface area contributed by atoms with Crippen molar-refractivity contribution >= 4 is 0 Å². The summed E-state index contributed by atoms with van der Waals surface area (Å²) >= 11 is 0. The Balaban J connectivity index is 2.15. The van der Waals surface area contributed by atoms with Gasteiger partial charge in [-0.2, -0.15) is 5.10 Å². The van der Waals surface area contributed by atoms with Crippen molar-refractivity contribution < 1.29 is 0 Å². The normalized spacial score (nSPS) is 18.3. The summed E-state index contributed by atoms with van der Waals surface area (Å²) in [5.74, 6) is 1.07. The first kappa shape index (κ1) is 14.5. The van der Waals surface area contributed by atoms with Crippen LogP contribution in [0.3, 0.4) is 0 Å².